The Bertz CT molecular complexity index is 407. The molecule has 0 aliphatic rings. The number of hydrogen-bond donors (Lipinski definition) is 3. The van der Waals surface area contributed by atoms with E-state index in [1.165, 1.54) is 4.88 Å². The number of aliphatic carboxylic acids is 1. The van der Waals surface area contributed by atoms with E-state index in [1.807, 2.05) is 0 Å². The minimum absolute atomic E-state index is 0.00201. The van der Waals surface area contributed by atoms with E-state index in [4.69, 9.17) is 10.8 Å². The molecule has 18 heavy (non-hydrogen) atoms. The standard InChI is InChI=1S/C12H19BrN2O2S/c1-12(2,10-3-8(13)6-18-10)7-15-5-9(14)4-11(16)17/h3,6,9,15H,4-5,7,14H2,1-2H3,(H,16,17). The van der Waals surface area contributed by atoms with Crippen molar-refractivity contribution in [3.05, 3.63) is 20.8 Å². The van der Waals surface area contributed by atoms with Crippen molar-refractivity contribution in [1.29, 1.82) is 0 Å². The summed E-state index contributed by atoms with van der Waals surface area (Å²) in [6, 6.07) is 1.78. The van der Waals surface area contributed by atoms with E-state index < -0.39 is 5.97 Å². The van der Waals surface area contributed by atoms with E-state index in [2.05, 4.69) is 46.5 Å². The number of carbonyl (C=O) groups is 1. The molecule has 0 aromatic carbocycles. The van der Waals surface area contributed by atoms with Gasteiger partial charge < -0.3 is 16.2 Å². The molecule has 0 radical (unpaired) electrons. The molecule has 0 saturated carbocycles. The lowest BCUT2D eigenvalue weighted by Gasteiger charge is -2.24. The second kappa shape index (κ2) is 6.65. The van der Waals surface area contributed by atoms with Crippen LogP contribution >= 0.6 is 27.3 Å². The molecule has 4 nitrogen and oxygen atoms in total. The Balaban J connectivity index is 2.40. The van der Waals surface area contributed by atoms with Gasteiger partial charge in [0.1, 0.15) is 0 Å². The van der Waals surface area contributed by atoms with Crippen LogP contribution in [0.2, 0.25) is 0 Å². The Labute approximate surface area is 120 Å². The highest BCUT2D eigenvalue weighted by atomic mass is 79.9. The first-order valence-electron chi connectivity index (χ1n) is 5.74. The van der Waals surface area contributed by atoms with Gasteiger partial charge in [-0.05, 0) is 22.0 Å². The Morgan fingerprint density at radius 3 is 2.83 bits per heavy atom. The fourth-order valence-electron chi connectivity index (χ4n) is 1.62. The van der Waals surface area contributed by atoms with Gasteiger partial charge in [0.15, 0.2) is 0 Å². The average Bonchev–Trinajstić information content (AvgIpc) is 2.64. The van der Waals surface area contributed by atoms with Crippen LogP contribution in [0.3, 0.4) is 0 Å². The highest BCUT2D eigenvalue weighted by molar-refractivity contribution is 9.10. The van der Waals surface area contributed by atoms with E-state index >= 15 is 0 Å². The molecule has 1 heterocycles. The maximum atomic E-state index is 10.5. The average molecular weight is 335 g/mol. The van der Waals surface area contributed by atoms with Crippen LogP contribution in [0.4, 0.5) is 0 Å². The summed E-state index contributed by atoms with van der Waals surface area (Å²) in [6.07, 6.45) is -0.00201. The molecule has 102 valence electrons. The van der Waals surface area contributed by atoms with Gasteiger partial charge in [-0.1, -0.05) is 13.8 Å². The Kier molecular flexibility index (Phi) is 5.78. The van der Waals surface area contributed by atoms with Crippen LogP contribution in [0.15, 0.2) is 15.9 Å². The van der Waals surface area contributed by atoms with Crippen LogP contribution in [0.25, 0.3) is 0 Å². The predicted octanol–water partition coefficient (Wildman–Crippen LogP) is 2.18. The lowest BCUT2D eigenvalue weighted by atomic mass is 9.91. The van der Waals surface area contributed by atoms with Crippen LogP contribution in [0.5, 0.6) is 0 Å². The van der Waals surface area contributed by atoms with Gasteiger partial charge in [-0.25, -0.2) is 0 Å². The maximum Gasteiger partial charge on any atom is 0.304 e. The third kappa shape index (κ3) is 5.06. The van der Waals surface area contributed by atoms with Crippen molar-refractivity contribution in [3.63, 3.8) is 0 Å². The van der Waals surface area contributed by atoms with E-state index in [0.717, 1.165) is 11.0 Å². The highest BCUT2D eigenvalue weighted by Gasteiger charge is 2.22. The molecular formula is C12H19BrN2O2S. The smallest absolute Gasteiger partial charge is 0.304 e. The number of thiophene rings is 1. The molecular weight excluding hydrogens is 316 g/mol. The SMILES string of the molecule is CC(C)(CNCC(N)CC(=O)O)c1cc(Br)cs1. The number of hydrogen-bond acceptors (Lipinski definition) is 4. The lowest BCUT2D eigenvalue weighted by Crippen LogP contribution is -2.40. The van der Waals surface area contributed by atoms with Gasteiger partial charge in [0, 0.05) is 39.3 Å². The number of rotatable bonds is 7. The zero-order valence-corrected chi connectivity index (χ0v) is 13.0. The van der Waals surface area contributed by atoms with E-state index in [-0.39, 0.29) is 17.9 Å². The second-order valence-corrected chi connectivity index (χ2v) is 6.83. The molecule has 0 fully saturated rings. The summed E-state index contributed by atoms with van der Waals surface area (Å²) >= 11 is 5.16. The zero-order chi connectivity index (χ0) is 13.8. The van der Waals surface area contributed by atoms with Crippen molar-refractivity contribution in [2.24, 2.45) is 5.73 Å². The summed E-state index contributed by atoms with van der Waals surface area (Å²) in [5.74, 6) is -0.856. The molecule has 4 N–H and O–H groups in total. The Morgan fingerprint density at radius 2 is 2.33 bits per heavy atom. The first kappa shape index (κ1) is 15.6. The van der Waals surface area contributed by atoms with Crippen LogP contribution in [-0.2, 0) is 10.2 Å². The fourth-order valence-corrected chi connectivity index (χ4v) is 3.18. The molecule has 0 aliphatic heterocycles. The van der Waals surface area contributed by atoms with Gasteiger partial charge in [-0.15, -0.1) is 11.3 Å². The Hall–Kier alpha value is -0.430. The third-order valence-electron chi connectivity index (χ3n) is 2.64. The number of halogens is 1. The molecule has 1 rings (SSSR count). The van der Waals surface area contributed by atoms with Gasteiger partial charge in [0.2, 0.25) is 0 Å². The summed E-state index contributed by atoms with van der Waals surface area (Å²) in [5, 5.41) is 13.9. The summed E-state index contributed by atoms with van der Waals surface area (Å²) in [5.41, 5.74) is 5.71. The molecule has 6 heteroatoms. The van der Waals surface area contributed by atoms with Crippen molar-refractivity contribution in [3.8, 4) is 0 Å². The minimum Gasteiger partial charge on any atom is -0.481 e. The lowest BCUT2D eigenvalue weighted by molar-refractivity contribution is -0.137. The molecule has 0 aliphatic carbocycles. The fraction of sp³-hybridized carbons (Fsp3) is 0.583. The minimum atomic E-state index is -0.856. The molecule has 0 amide bonds. The van der Waals surface area contributed by atoms with Crippen molar-refractivity contribution < 1.29 is 9.90 Å². The monoisotopic (exact) mass is 334 g/mol. The third-order valence-corrected chi connectivity index (χ3v) is 4.70. The normalized spacial score (nSPS) is 13.6. The molecule has 1 aromatic heterocycles. The molecule has 1 atom stereocenters. The molecule has 0 bridgehead atoms. The van der Waals surface area contributed by atoms with Crippen LogP contribution in [-0.4, -0.2) is 30.2 Å². The van der Waals surface area contributed by atoms with E-state index in [1.54, 1.807) is 11.3 Å². The summed E-state index contributed by atoms with van der Waals surface area (Å²) in [6.45, 7) is 5.59. The van der Waals surface area contributed by atoms with Crippen molar-refractivity contribution in [1.82, 2.24) is 5.32 Å². The topological polar surface area (TPSA) is 75.3 Å². The largest absolute Gasteiger partial charge is 0.481 e. The maximum absolute atomic E-state index is 10.5. The van der Waals surface area contributed by atoms with Crippen LogP contribution < -0.4 is 11.1 Å². The second-order valence-electron chi connectivity index (χ2n) is 5.00. The van der Waals surface area contributed by atoms with Gasteiger partial charge >= 0.3 is 5.97 Å². The first-order valence-corrected chi connectivity index (χ1v) is 7.41. The predicted molar refractivity (Wildman–Crippen MR) is 78.1 cm³/mol. The van der Waals surface area contributed by atoms with Gasteiger partial charge in [-0.2, -0.15) is 0 Å². The van der Waals surface area contributed by atoms with E-state index in [9.17, 15) is 4.79 Å². The van der Waals surface area contributed by atoms with Crippen molar-refractivity contribution in [2.45, 2.75) is 31.7 Å². The summed E-state index contributed by atoms with van der Waals surface area (Å²) in [7, 11) is 0. The van der Waals surface area contributed by atoms with Gasteiger partial charge in [-0.3, -0.25) is 4.79 Å². The molecule has 0 saturated heterocycles. The van der Waals surface area contributed by atoms with Crippen molar-refractivity contribution >= 4 is 33.2 Å². The number of carboxylic acid groups (broad SMARTS) is 1. The number of nitrogens with one attached hydrogen (secondary N) is 1. The Morgan fingerprint density at radius 1 is 1.67 bits per heavy atom. The first-order chi connectivity index (χ1) is 8.31. The summed E-state index contributed by atoms with van der Waals surface area (Å²) < 4.78 is 1.10. The van der Waals surface area contributed by atoms with Gasteiger partial charge in [0.05, 0.1) is 6.42 Å². The van der Waals surface area contributed by atoms with Crippen LogP contribution in [0.1, 0.15) is 25.1 Å². The molecule has 1 aromatic rings. The summed E-state index contributed by atoms with van der Waals surface area (Å²) in [4.78, 5) is 11.8. The quantitative estimate of drug-likeness (QED) is 0.714. The highest BCUT2D eigenvalue weighted by Crippen LogP contribution is 2.30. The zero-order valence-electron chi connectivity index (χ0n) is 10.6. The van der Waals surface area contributed by atoms with Gasteiger partial charge in [0.25, 0.3) is 0 Å². The van der Waals surface area contributed by atoms with Crippen LogP contribution in [0, 0.1) is 0 Å². The number of nitrogens with two attached hydrogens (primary N) is 1. The molecule has 0 spiro atoms. The van der Waals surface area contributed by atoms with Crippen molar-refractivity contribution in [2.75, 3.05) is 13.1 Å². The molecule has 1 unspecified atom stereocenters. The number of carboxylic acids is 1. The van der Waals surface area contributed by atoms with E-state index in [0.29, 0.717) is 6.54 Å².